The summed E-state index contributed by atoms with van der Waals surface area (Å²) in [7, 11) is 0. The molecule has 0 saturated heterocycles. The molecule has 0 aliphatic carbocycles. The zero-order valence-electron chi connectivity index (χ0n) is 10.3. The summed E-state index contributed by atoms with van der Waals surface area (Å²) in [5, 5.41) is 3.03. The summed E-state index contributed by atoms with van der Waals surface area (Å²) < 4.78 is 14.3. The molecule has 98 valence electrons. The van der Waals surface area contributed by atoms with E-state index in [1.165, 1.54) is 10.9 Å². The van der Waals surface area contributed by atoms with Crippen molar-refractivity contribution >= 4 is 32.8 Å². The van der Waals surface area contributed by atoms with Gasteiger partial charge in [0.1, 0.15) is 5.82 Å². The van der Waals surface area contributed by atoms with Crippen LogP contribution in [0.3, 0.4) is 0 Å². The Morgan fingerprint density at radius 1 is 1.26 bits per heavy atom. The summed E-state index contributed by atoms with van der Waals surface area (Å²) in [5.74, 6) is 5.48. The Morgan fingerprint density at radius 3 is 2.79 bits per heavy atom. The van der Waals surface area contributed by atoms with E-state index in [-0.39, 0.29) is 11.9 Å². The van der Waals surface area contributed by atoms with Crippen molar-refractivity contribution < 1.29 is 4.39 Å². The first-order valence-corrected chi connectivity index (χ1v) is 7.57. The molecule has 2 aromatic heterocycles. The molecule has 3 aromatic rings. The Hall–Kier alpha value is -1.27. The molecule has 19 heavy (non-hydrogen) atoms. The largest absolute Gasteiger partial charge is 0.271 e. The van der Waals surface area contributed by atoms with E-state index in [4.69, 9.17) is 5.84 Å². The van der Waals surface area contributed by atoms with Crippen LogP contribution in [0.5, 0.6) is 0 Å². The van der Waals surface area contributed by atoms with Crippen LogP contribution in [0.4, 0.5) is 4.39 Å². The molecule has 0 bridgehead atoms. The van der Waals surface area contributed by atoms with Crippen molar-refractivity contribution in [2.45, 2.75) is 13.0 Å². The lowest BCUT2D eigenvalue weighted by Gasteiger charge is -2.12. The number of thiophene rings is 2. The maximum absolute atomic E-state index is 13.2. The summed E-state index contributed by atoms with van der Waals surface area (Å²) in [5.41, 5.74) is 4.00. The third-order valence-corrected chi connectivity index (χ3v) is 5.09. The number of hydrogen-bond donors (Lipinski definition) is 2. The molecule has 0 amide bonds. The normalized spacial score (nSPS) is 13.0. The molecule has 3 N–H and O–H groups in total. The lowest BCUT2D eigenvalue weighted by Crippen LogP contribution is -2.27. The van der Waals surface area contributed by atoms with Gasteiger partial charge in [-0.25, -0.2) is 9.82 Å². The Morgan fingerprint density at radius 2 is 2.11 bits per heavy atom. The van der Waals surface area contributed by atoms with E-state index in [1.807, 2.05) is 12.1 Å². The van der Waals surface area contributed by atoms with E-state index < -0.39 is 0 Å². The van der Waals surface area contributed by atoms with Crippen molar-refractivity contribution in [2.75, 3.05) is 0 Å². The van der Waals surface area contributed by atoms with Crippen LogP contribution in [0.2, 0.25) is 0 Å². The number of rotatable bonds is 3. The van der Waals surface area contributed by atoms with Crippen LogP contribution in [0, 0.1) is 12.7 Å². The second kappa shape index (κ2) is 5.02. The van der Waals surface area contributed by atoms with Gasteiger partial charge in [0, 0.05) is 14.5 Å². The van der Waals surface area contributed by atoms with Crippen molar-refractivity contribution in [1.82, 2.24) is 5.43 Å². The van der Waals surface area contributed by atoms with Gasteiger partial charge >= 0.3 is 0 Å². The molecule has 5 heteroatoms. The quantitative estimate of drug-likeness (QED) is 0.566. The highest BCUT2D eigenvalue weighted by atomic mass is 32.1. The molecular formula is C14H13FN2S2. The van der Waals surface area contributed by atoms with Crippen molar-refractivity contribution in [3.63, 3.8) is 0 Å². The van der Waals surface area contributed by atoms with Gasteiger partial charge in [0.25, 0.3) is 0 Å². The monoisotopic (exact) mass is 292 g/mol. The maximum Gasteiger partial charge on any atom is 0.123 e. The van der Waals surface area contributed by atoms with Crippen LogP contribution in [0.1, 0.15) is 21.4 Å². The first-order chi connectivity index (χ1) is 9.17. The first kappa shape index (κ1) is 12.7. The van der Waals surface area contributed by atoms with E-state index in [2.05, 4.69) is 23.8 Å². The molecule has 1 atom stereocenters. The van der Waals surface area contributed by atoms with Crippen LogP contribution in [-0.2, 0) is 0 Å². The van der Waals surface area contributed by atoms with Crippen LogP contribution < -0.4 is 11.3 Å². The van der Waals surface area contributed by atoms with Gasteiger partial charge in [-0.2, -0.15) is 0 Å². The molecule has 2 nitrogen and oxygen atoms in total. The fourth-order valence-corrected chi connectivity index (χ4v) is 4.00. The SMILES string of the molecule is Cc1cc(C(NN)c2cc3cc(F)ccc3s2)cs1. The third-order valence-electron chi connectivity index (χ3n) is 3.03. The number of aryl methyl sites for hydroxylation is 1. The minimum atomic E-state index is -0.208. The topological polar surface area (TPSA) is 38.0 Å². The van der Waals surface area contributed by atoms with Gasteiger partial charge in [-0.05, 0) is 53.6 Å². The van der Waals surface area contributed by atoms with E-state index in [0.29, 0.717) is 0 Å². The predicted molar refractivity (Wildman–Crippen MR) is 80.0 cm³/mol. The summed E-state index contributed by atoms with van der Waals surface area (Å²) >= 11 is 3.34. The molecule has 0 radical (unpaired) electrons. The second-order valence-corrected chi connectivity index (χ2v) is 6.65. The Balaban J connectivity index is 2.06. The summed E-state index contributed by atoms with van der Waals surface area (Å²) in [4.78, 5) is 2.35. The molecule has 2 heterocycles. The standard InChI is InChI=1S/C14H13FN2S2/c1-8-4-10(7-18-8)14(17-16)13-6-9-5-11(15)2-3-12(9)19-13/h2-7,14,17H,16H2,1H3. The maximum atomic E-state index is 13.2. The number of nitrogens with one attached hydrogen (secondary N) is 1. The van der Waals surface area contributed by atoms with E-state index in [1.54, 1.807) is 28.7 Å². The first-order valence-electron chi connectivity index (χ1n) is 5.87. The molecule has 1 aromatic carbocycles. The van der Waals surface area contributed by atoms with Gasteiger partial charge in [-0.1, -0.05) is 0 Å². The molecule has 0 aliphatic rings. The zero-order valence-corrected chi connectivity index (χ0v) is 11.9. The van der Waals surface area contributed by atoms with Crippen molar-refractivity contribution in [2.24, 2.45) is 5.84 Å². The fraction of sp³-hybridized carbons (Fsp3) is 0.143. The Bertz CT molecular complexity index is 717. The molecule has 0 fully saturated rings. The minimum Gasteiger partial charge on any atom is -0.271 e. The fourth-order valence-electron chi connectivity index (χ4n) is 2.13. The predicted octanol–water partition coefficient (Wildman–Crippen LogP) is 3.96. The van der Waals surface area contributed by atoms with E-state index >= 15 is 0 Å². The summed E-state index contributed by atoms with van der Waals surface area (Å²) in [6, 6.07) is 8.95. The zero-order chi connectivity index (χ0) is 13.4. The van der Waals surface area contributed by atoms with Gasteiger partial charge in [0.15, 0.2) is 0 Å². The second-order valence-electron chi connectivity index (χ2n) is 4.42. The summed E-state index contributed by atoms with van der Waals surface area (Å²) in [6.07, 6.45) is 0. The van der Waals surface area contributed by atoms with Crippen molar-refractivity contribution in [3.8, 4) is 0 Å². The van der Waals surface area contributed by atoms with Gasteiger partial charge in [0.2, 0.25) is 0 Å². The van der Waals surface area contributed by atoms with Crippen molar-refractivity contribution in [1.29, 1.82) is 0 Å². The Kier molecular flexibility index (Phi) is 3.36. The minimum absolute atomic E-state index is 0.0367. The number of nitrogens with two attached hydrogens (primary N) is 1. The Labute approximate surface area is 118 Å². The van der Waals surface area contributed by atoms with Crippen molar-refractivity contribution in [3.05, 3.63) is 56.8 Å². The lowest BCUT2D eigenvalue weighted by molar-refractivity contribution is 0.629. The molecule has 0 spiro atoms. The van der Waals surface area contributed by atoms with Crippen LogP contribution in [-0.4, -0.2) is 0 Å². The number of hydrogen-bond acceptors (Lipinski definition) is 4. The third kappa shape index (κ3) is 2.42. The molecule has 1 unspecified atom stereocenters. The molecule has 3 rings (SSSR count). The average Bonchev–Trinajstić information content (AvgIpc) is 2.96. The number of benzene rings is 1. The van der Waals surface area contributed by atoms with Gasteiger partial charge in [-0.3, -0.25) is 5.84 Å². The highest BCUT2D eigenvalue weighted by Gasteiger charge is 2.16. The lowest BCUT2D eigenvalue weighted by atomic mass is 10.1. The smallest absolute Gasteiger partial charge is 0.123 e. The number of fused-ring (bicyclic) bond motifs is 1. The van der Waals surface area contributed by atoms with Crippen LogP contribution >= 0.6 is 22.7 Å². The molecule has 0 saturated carbocycles. The number of hydrazine groups is 1. The van der Waals surface area contributed by atoms with Crippen LogP contribution in [0.25, 0.3) is 10.1 Å². The van der Waals surface area contributed by atoms with E-state index in [0.717, 1.165) is 20.5 Å². The van der Waals surface area contributed by atoms with Crippen LogP contribution in [0.15, 0.2) is 35.7 Å². The van der Waals surface area contributed by atoms with E-state index in [9.17, 15) is 4.39 Å². The highest BCUT2D eigenvalue weighted by molar-refractivity contribution is 7.19. The molecular weight excluding hydrogens is 279 g/mol. The average molecular weight is 292 g/mol. The highest BCUT2D eigenvalue weighted by Crippen LogP contribution is 2.34. The summed E-state index contributed by atoms with van der Waals surface area (Å²) in [6.45, 7) is 2.07. The van der Waals surface area contributed by atoms with Gasteiger partial charge in [-0.15, -0.1) is 22.7 Å². The molecule has 0 aliphatic heterocycles. The number of halogens is 1. The van der Waals surface area contributed by atoms with Gasteiger partial charge < -0.3 is 0 Å². The van der Waals surface area contributed by atoms with Gasteiger partial charge in [0.05, 0.1) is 6.04 Å².